The zero-order chi connectivity index (χ0) is 18.7. The van der Waals surface area contributed by atoms with E-state index in [1.807, 2.05) is 29.3 Å². The van der Waals surface area contributed by atoms with Crippen molar-refractivity contribution < 1.29 is 9.59 Å². The topological polar surface area (TPSA) is 66.4 Å². The summed E-state index contributed by atoms with van der Waals surface area (Å²) in [7, 11) is 3.43. The van der Waals surface area contributed by atoms with Crippen LogP contribution in [0, 0.1) is 12.8 Å². The third-order valence-corrected chi connectivity index (χ3v) is 5.41. The van der Waals surface area contributed by atoms with Gasteiger partial charge in [0.1, 0.15) is 11.5 Å². The summed E-state index contributed by atoms with van der Waals surface area (Å²) < 4.78 is 0. The molecule has 1 saturated heterocycles. The van der Waals surface area contributed by atoms with Crippen molar-refractivity contribution in [3.05, 3.63) is 45.7 Å². The van der Waals surface area contributed by atoms with Gasteiger partial charge >= 0.3 is 0 Å². The Morgan fingerprint density at radius 2 is 2.15 bits per heavy atom. The minimum absolute atomic E-state index is 0.116. The van der Waals surface area contributed by atoms with Gasteiger partial charge in [0, 0.05) is 32.9 Å². The highest BCUT2D eigenvalue weighted by Gasteiger charge is 2.26. The zero-order valence-corrected chi connectivity index (χ0v) is 16.3. The zero-order valence-electron chi connectivity index (χ0n) is 15.4. The number of aryl methyl sites for hydroxylation is 1. The predicted molar refractivity (Wildman–Crippen MR) is 101 cm³/mol. The first-order valence-electron chi connectivity index (χ1n) is 8.83. The molecule has 1 aliphatic rings. The molecule has 0 spiro atoms. The number of piperidine rings is 1. The van der Waals surface area contributed by atoms with Crippen molar-refractivity contribution in [2.75, 3.05) is 27.2 Å². The van der Waals surface area contributed by atoms with E-state index in [1.54, 1.807) is 20.2 Å². The van der Waals surface area contributed by atoms with Gasteiger partial charge in [-0.2, -0.15) is 0 Å². The van der Waals surface area contributed by atoms with Gasteiger partial charge in [-0.1, -0.05) is 6.07 Å². The van der Waals surface area contributed by atoms with E-state index in [0.29, 0.717) is 17.4 Å². The molecule has 1 fully saturated rings. The Bertz CT molecular complexity index is 789. The van der Waals surface area contributed by atoms with Crippen LogP contribution in [-0.2, 0) is 6.42 Å². The van der Waals surface area contributed by atoms with E-state index in [4.69, 9.17) is 0 Å². The molecule has 2 aromatic rings. The van der Waals surface area contributed by atoms with Crippen LogP contribution in [0.4, 0.5) is 0 Å². The van der Waals surface area contributed by atoms with Crippen LogP contribution in [0.1, 0.15) is 44.5 Å². The standard InChI is InChI=1S/C19H24N4O2S/c1-13-20-15(11-16(21-13)18(24)22(2)3)10-14-6-4-8-23(12-14)19(25)17-7-5-9-26-17/h5,7,9,11,14H,4,6,8,10,12H2,1-3H3/t14-/m0/s1. The molecule has 1 aliphatic heterocycles. The molecule has 6 nitrogen and oxygen atoms in total. The smallest absolute Gasteiger partial charge is 0.272 e. The molecule has 0 unspecified atom stereocenters. The third-order valence-electron chi connectivity index (χ3n) is 4.55. The van der Waals surface area contributed by atoms with Crippen LogP contribution in [0.5, 0.6) is 0 Å². The molecule has 2 amide bonds. The van der Waals surface area contributed by atoms with Gasteiger partial charge in [0.15, 0.2) is 0 Å². The Kier molecular flexibility index (Phi) is 5.66. The van der Waals surface area contributed by atoms with Crippen LogP contribution in [0.3, 0.4) is 0 Å². The number of hydrogen-bond acceptors (Lipinski definition) is 5. The van der Waals surface area contributed by atoms with Crippen molar-refractivity contribution in [2.45, 2.75) is 26.2 Å². The van der Waals surface area contributed by atoms with Crippen molar-refractivity contribution in [1.82, 2.24) is 19.8 Å². The molecule has 26 heavy (non-hydrogen) atoms. The summed E-state index contributed by atoms with van der Waals surface area (Å²) in [6.07, 6.45) is 2.81. The summed E-state index contributed by atoms with van der Waals surface area (Å²) >= 11 is 1.49. The lowest BCUT2D eigenvalue weighted by molar-refractivity contribution is 0.0677. The molecular formula is C19H24N4O2S. The number of amides is 2. The van der Waals surface area contributed by atoms with Crippen molar-refractivity contribution in [3.8, 4) is 0 Å². The lowest BCUT2D eigenvalue weighted by Gasteiger charge is -2.32. The Labute approximate surface area is 157 Å². The molecule has 0 bridgehead atoms. The van der Waals surface area contributed by atoms with Crippen LogP contribution in [0.25, 0.3) is 0 Å². The van der Waals surface area contributed by atoms with Crippen molar-refractivity contribution in [3.63, 3.8) is 0 Å². The van der Waals surface area contributed by atoms with Gasteiger partial charge in [0.25, 0.3) is 11.8 Å². The van der Waals surface area contributed by atoms with Gasteiger partial charge < -0.3 is 9.80 Å². The van der Waals surface area contributed by atoms with Gasteiger partial charge in [-0.15, -0.1) is 11.3 Å². The molecule has 0 aliphatic carbocycles. The molecule has 2 aromatic heterocycles. The molecule has 7 heteroatoms. The number of aromatic nitrogens is 2. The summed E-state index contributed by atoms with van der Waals surface area (Å²) in [5.74, 6) is 0.959. The average molecular weight is 372 g/mol. The van der Waals surface area contributed by atoms with Gasteiger partial charge in [-0.05, 0) is 49.6 Å². The average Bonchev–Trinajstić information content (AvgIpc) is 3.14. The summed E-state index contributed by atoms with van der Waals surface area (Å²) in [6, 6.07) is 5.57. The lowest BCUT2D eigenvalue weighted by atomic mass is 9.93. The fourth-order valence-corrected chi connectivity index (χ4v) is 4.03. The van der Waals surface area contributed by atoms with Gasteiger partial charge in [0.05, 0.1) is 4.88 Å². The third kappa shape index (κ3) is 4.27. The summed E-state index contributed by atoms with van der Waals surface area (Å²) in [5, 5.41) is 1.93. The van der Waals surface area contributed by atoms with Gasteiger partial charge in [-0.3, -0.25) is 9.59 Å². The van der Waals surface area contributed by atoms with E-state index < -0.39 is 0 Å². The van der Waals surface area contributed by atoms with Crippen molar-refractivity contribution in [1.29, 1.82) is 0 Å². The number of carbonyl (C=O) groups is 2. The van der Waals surface area contributed by atoms with Crippen LogP contribution in [-0.4, -0.2) is 58.8 Å². The first kappa shape index (κ1) is 18.5. The van der Waals surface area contributed by atoms with Gasteiger partial charge in [-0.25, -0.2) is 9.97 Å². The SMILES string of the molecule is Cc1nc(C[C@@H]2CCCN(C(=O)c3cccs3)C2)cc(C(=O)N(C)C)n1. The molecule has 3 rings (SSSR count). The number of rotatable bonds is 4. The Morgan fingerprint density at radius 1 is 1.35 bits per heavy atom. The van der Waals surface area contributed by atoms with Gasteiger partial charge in [0.2, 0.25) is 0 Å². The lowest BCUT2D eigenvalue weighted by Crippen LogP contribution is -2.40. The van der Waals surface area contributed by atoms with E-state index in [0.717, 1.165) is 42.9 Å². The first-order chi connectivity index (χ1) is 12.4. The van der Waals surface area contributed by atoms with E-state index in [-0.39, 0.29) is 11.8 Å². The fraction of sp³-hybridized carbons (Fsp3) is 0.474. The number of likely N-dealkylation sites (tertiary alicyclic amines) is 1. The molecule has 0 radical (unpaired) electrons. The molecule has 0 N–H and O–H groups in total. The Morgan fingerprint density at radius 3 is 2.85 bits per heavy atom. The summed E-state index contributed by atoms with van der Waals surface area (Å²) in [6.45, 7) is 3.35. The largest absolute Gasteiger partial charge is 0.343 e. The second-order valence-corrected chi connectivity index (χ2v) is 7.88. The van der Waals surface area contributed by atoms with E-state index in [2.05, 4.69) is 9.97 Å². The highest BCUT2D eigenvalue weighted by Crippen LogP contribution is 2.23. The molecule has 0 aromatic carbocycles. The second kappa shape index (κ2) is 7.95. The molecule has 0 saturated carbocycles. The quantitative estimate of drug-likeness (QED) is 0.827. The monoisotopic (exact) mass is 372 g/mol. The number of hydrogen-bond donors (Lipinski definition) is 0. The van der Waals surface area contributed by atoms with Crippen LogP contribution in [0.2, 0.25) is 0 Å². The first-order valence-corrected chi connectivity index (χ1v) is 9.71. The second-order valence-electron chi connectivity index (χ2n) is 6.93. The molecule has 3 heterocycles. The molecule has 1 atom stereocenters. The predicted octanol–water partition coefficient (Wildman–Crippen LogP) is 2.64. The summed E-state index contributed by atoms with van der Waals surface area (Å²) in [4.78, 5) is 37.8. The Hall–Kier alpha value is -2.28. The van der Waals surface area contributed by atoms with Crippen LogP contribution < -0.4 is 0 Å². The molecular weight excluding hydrogens is 348 g/mol. The van der Waals surface area contributed by atoms with E-state index in [9.17, 15) is 9.59 Å². The Balaban J connectivity index is 1.70. The van der Waals surface area contributed by atoms with E-state index >= 15 is 0 Å². The maximum atomic E-state index is 12.6. The molecule has 138 valence electrons. The maximum absolute atomic E-state index is 12.6. The van der Waals surface area contributed by atoms with Crippen molar-refractivity contribution >= 4 is 23.2 Å². The highest BCUT2D eigenvalue weighted by atomic mass is 32.1. The fourth-order valence-electron chi connectivity index (χ4n) is 3.34. The summed E-state index contributed by atoms with van der Waals surface area (Å²) in [5.41, 5.74) is 1.30. The number of thiophene rings is 1. The minimum atomic E-state index is -0.116. The van der Waals surface area contributed by atoms with Crippen molar-refractivity contribution in [2.24, 2.45) is 5.92 Å². The number of nitrogens with zero attached hydrogens (tertiary/aromatic N) is 4. The number of carbonyl (C=O) groups excluding carboxylic acids is 2. The normalized spacial score (nSPS) is 17.2. The minimum Gasteiger partial charge on any atom is -0.343 e. The van der Waals surface area contributed by atoms with Crippen LogP contribution in [0.15, 0.2) is 23.6 Å². The maximum Gasteiger partial charge on any atom is 0.272 e. The van der Waals surface area contributed by atoms with Crippen LogP contribution >= 0.6 is 11.3 Å². The highest BCUT2D eigenvalue weighted by molar-refractivity contribution is 7.12. The van der Waals surface area contributed by atoms with E-state index in [1.165, 1.54) is 16.2 Å².